The first kappa shape index (κ1) is 19.1. The average Bonchev–Trinajstić information content (AvgIpc) is 3.10. The number of methoxy groups -OCH3 is 1. The van der Waals surface area contributed by atoms with E-state index in [1.807, 2.05) is 16.8 Å². The number of amides is 2. The Morgan fingerprint density at radius 3 is 2.63 bits per heavy atom. The molecule has 0 bridgehead atoms. The van der Waals surface area contributed by atoms with Crippen molar-refractivity contribution in [1.82, 2.24) is 5.32 Å². The summed E-state index contributed by atoms with van der Waals surface area (Å²) in [6, 6.07) is 6.91. The van der Waals surface area contributed by atoms with Gasteiger partial charge >= 0.3 is 5.97 Å². The van der Waals surface area contributed by atoms with Gasteiger partial charge in [-0.2, -0.15) is 11.3 Å². The van der Waals surface area contributed by atoms with Crippen molar-refractivity contribution < 1.29 is 19.1 Å². The van der Waals surface area contributed by atoms with E-state index in [1.54, 1.807) is 18.2 Å². The Labute approximate surface area is 161 Å². The molecule has 1 aliphatic carbocycles. The van der Waals surface area contributed by atoms with Crippen LogP contribution in [0.3, 0.4) is 0 Å². The molecule has 0 aliphatic heterocycles. The number of nitrogens with one attached hydrogen (secondary N) is 2. The maximum absolute atomic E-state index is 12.3. The van der Waals surface area contributed by atoms with Crippen LogP contribution in [0.15, 0.2) is 35.0 Å². The lowest BCUT2D eigenvalue weighted by atomic mass is 9.85. The molecule has 6 nitrogen and oxygen atoms in total. The highest BCUT2D eigenvalue weighted by Crippen LogP contribution is 2.26. The Hall–Kier alpha value is -2.67. The third-order valence-corrected chi connectivity index (χ3v) is 5.32. The van der Waals surface area contributed by atoms with Crippen LogP contribution in [0.1, 0.15) is 40.7 Å². The number of anilines is 1. The van der Waals surface area contributed by atoms with Crippen molar-refractivity contribution in [2.24, 2.45) is 5.92 Å². The van der Waals surface area contributed by atoms with Crippen molar-refractivity contribution in [1.29, 1.82) is 0 Å². The second kappa shape index (κ2) is 8.81. The second-order valence-electron chi connectivity index (χ2n) is 6.61. The van der Waals surface area contributed by atoms with Crippen molar-refractivity contribution in [2.75, 3.05) is 12.4 Å². The number of rotatable bonds is 7. The molecule has 1 fully saturated rings. The Morgan fingerprint density at radius 1 is 1.19 bits per heavy atom. The van der Waals surface area contributed by atoms with Crippen molar-refractivity contribution in [3.63, 3.8) is 0 Å². The molecule has 1 heterocycles. The predicted molar refractivity (Wildman–Crippen MR) is 104 cm³/mol. The van der Waals surface area contributed by atoms with E-state index in [2.05, 4.69) is 10.6 Å². The lowest BCUT2D eigenvalue weighted by molar-refractivity contribution is -0.127. The molecule has 3 rings (SSSR count). The lowest BCUT2D eigenvalue weighted by Gasteiger charge is -2.24. The number of ether oxygens (including phenoxy) is 1. The molecule has 1 aromatic heterocycles. The Balaban J connectivity index is 1.70. The summed E-state index contributed by atoms with van der Waals surface area (Å²) in [4.78, 5) is 36.2. The van der Waals surface area contributed by atoms with Gasteiger partial charge in [-0.05, 0) is 59.0 Å². The van der Waals surface area contributed by atoms with Crippen LogP contribution in [-0.4, -0.2) is 24.9 Å². The molecule has 2 aromatic rings. The molecule has 0 saturated heterocycles. The van der Waals surface area contributed by atoms with Crippen LogP contribution >= 0.6 is 11.3 Å². The third kappa shape index (κ3) is 5.17. The van der Waals surface area contributed by atoms with E-state index in [-0.39, 0.29) is 24.2 Å². The van der Waals surface area contributed by atoms with E-state index in [0.717, 1.165) is 30.4 Å². The first-order chi connectivity index (χ1) is 13.0. The zero-order chi connectivity index (χ0) is 19.2. The van der Waals surface area contributed by atoms with Crippen LogP contribution in [0.25, 0.3) is 0 Å². The van der Waals surface area contributed by atoms with Crippen LogP contribution in [0, 0.1) is 5.92 Å². The summed E-state index contributed by atoms with van der Waals surface area (Å²) < 4.78 is 4.79. The summed E-state index contributed by atoms with van der Waals surface area (Å²) in [5.74, 6) is -0.526. The average molecular weight is 386 g/mol. The summed E-state index contributed by atoms with van der Waals surface area (Å²) >= 11 is 1.54. The first-order valence-electron chi connectivity index (χ1n) is 8.86. The Kier molecular flexibility index (Phi) is 6.24. The minimum absolute atomic E-state index is 0.0350. The number of esters is 1. The monoisotopic (exact) mass is 386 g/mol. The molecule has 1 aromatic carbocycles. The highest BCUT2D eigenvalue weighted by atomic mass is 32.1. The third-order valence-electron chi connectivity index (χ3n) is 4.59. The zero-order valence-electron chi connectivity index (χ0n) is 15.1. The van der Waals surface area contributed by atoms with Crippen molar-refractivity contribution in [3.8, 4) is 0 Å². The van der Waals surface area contributed by atoms with E-state index >= 15 is 0 Å². The highest BCUT2D eigenvalue weighted by Gasteiger charge is 2.24. The maximum atomic E-state index is 12.3. The summed E-state index contributed by atoms with van der Waals surface area (Å²) in [6.07, 6.45) is 3.21. The van der Waals surface area contributed by atoms with Gasteiger partial charge in [0.1, 0.15) is 0 Å². The van der Waals surface area contributed by atoms with Crippen LogP contribution in [0.4, 0.5) is 5.69 Å². The van der Waals surface area contributed by atoms with E-state index < -0.39 is 5.97 Å². The molecule has 1 aliphatic rings. The minimum Gasteiger partial charge on any atom is -0.465 e. The number of carbonyl (C=O) groups is 3. The minimum atomic E-state index is -0.490. The maximum Gasteiger partial charge on any atom is 0.337 e. The van der Waals surface area contributed by atoms with Gasteiger partial charge in [-0.3, -0.25) is 9.59 Å². The van der Waals surface area contributed by atoms with Crippen LogP contribution in [0.5, 0.6) is 0 Å². The van der Waals surface area contributed by atoms with Gasteiger partial charge in [-0.1, -0.05) is 6.42 Å². The van der Waals surface area contributed by atoms with Crippen LogP contribution < -0.4 is 10.6 Å². The fourth-order valence-electron chi connectivity index (χ4n) is 2.89. The number of benzene rings is 1. The highest BCUT2D eigenvalue weighted by molar-refractivity contribution is 7.08. The normalized spacial score (nSPS) is 13.5. The van der Waals surface area contributed by atoms with Gasteiger partial charge in [-0.15, -0.1) is 0 Å². The lowest BCUT2D eigenvalue weighted by Crippen LogP contribution is -2.34. The topological polar surface area (TPSA) is 84.5 Å². The quantitative estimate of drug-likeness (QED) is 0.716. The van der Waals surface area contributed by atoms with Crippen LogP contribution in [0.2, 0.25) is 0 Å². The molecule has 2 amide bonds. The van der Waals surface area contributed by atoms with E-state index in [9.17, 15) is 14.4 Å². The number of hydrogen-bond acceptors (Lipinski definition) is 5. The van der Waals surface area contributed by atoms with Gasteiger partial charge in [-0.25, -0.2) is 4.79 Å². The fraction of sp³-hybridized carbons (Fsp3) is 0.350. The molecule has 0 spiro atoms. The van der Waals surface area contributed by atoms with E-state index in [1.165, 1.54) is 18.4 Å². The Bertz CT molecular complexity index is 829. The molecule has 27 heavy (non-hydrogen) atoms. The zero-order valence-corrected chi connectivity index (χ0v) is 15.9. The summed E-state index contributed by atoms with van der Waals surface area (Å²) in [5.41, 5.74) is 2.51. The molecule has 0 atom stereocenters. The Morgan fingerprint density at radius 2 is 2.00 bits per heavy atom. The van der Waals surface area contributed by atoms with Gasteiger partial charge in [0, 0.05) is 18.2 Å². The number of thiophene rings is 1. The largest absolute Gasteiger partial charge is 0.465 e. The summed E-state index contributed by atoms with van der Waals surface area (Å²) in [5, 5.41) is 9.56. The molecule has 7 heteroatoms. The smallest absolute Gasteiger partial charge is 0.337 e. The van der Waals surface area contributed by atoms with Crippen molar-refractivity contribution in [2.45, 2.75) is 32.2 Å². The molecular weight excluding hydrogens is 364 g/mol. The van der Waals surface area contributed by atoms with Crippen molar-refractivity contribution in [3.05, 3.63) is 51.7 Å². The summed E-state index contributed by atoms with van der Waals surface area (Å²) in [7, 11) is 1.31. The number of hydrogen-bond donors (Lipinski definition) is 2. The SMILES string of the molecule is COC(=O)c1cc(CNC(=O)C2CCC2)cc(NC(=O)Cc2ccsc2)c1. The summed E-state index contributed by atoms with van der Waals surface area (Å²) in [6.45, 7) is 0.299. The second-order valence-corrected chi connectivity index (χ2v) is 7.39. The fourth-order valence-corrected chi connectivity index (χ4v) is 3.56. The predicted octanol–water partition coefficient (Wildman–Crippen LogP) is 3.13. The van der Waals surface area contributed by atoms with Gasteiger partial charge in [0.2, 0.25) is 11.8 Å². The standard InChI is InChI=1S/C20H22N2O4S/c1-26-20(25)16-7-14(11-21-19(24)15-3-2-4-15)8-17(10-16)22-18(23)9-13-5-6-27-12-13/h5-8,10,12,15H,2-4,9,11H2,1H3,(H,21,24)(H,22,23). The molecule has 1 saturated carbocycles. The van der Waals surface area contributed by atoms with E-state index in [0.29, 0.717) is 17.8 Å². The molecule has 0 radical (unpaired) electrons. The molecular formula is C20H22N2O4S. The van der Waals surface area contributed by atoms with Gasteiger partial charge in [0.25, 0.3) is 0 Å². The van der Waals surface area contributed by atoms with Crippen molar-refractivity contribution >= 4 is 34.8 Å². The molecule has 2 N–H and O–H groups in total. The molecule has 0 unspecified atom stereocenters. The first-order valence-corrected chi connectivity index (χ1v) is 9.80. The van der Waals surface area contributed by atoms with Crippen LogP contribution in [-0.2, 0) is 27.3 Å². The van der Waals surface area contributed by atoms with Gasteiger partial charge < -0.3 is 15.4 Å². The molecule has 142 valence electrons. The van der Waals surface area contributed by atoms with Gasteiger partial charge in [0.05, 0.1) is 19.1 Å². The van der Waals surface area contributed by atoms with Gasteiger partial charge in [0.15, 0.2) is 0 Å². The van der Waals surface area contributed by atoms with E-state index in [4.69, 9.17) is 4.74 Å². The number of carbonyl (C=O) groups excluding carboxylic acids is 3.